The Morgan fingerprint density at radius 2 is 2.20 bits per heavy atom. The first kappa shape index (κ1) is 14.2. The van der Waals surface area contributed by atoms with E-state index in [0.717, 1.165) is 4.68 Å². The number of benzene rings is 1. The van der Waals surface area contributed by atoms with Crippen LogP contribution in [0.2, 0.25) is 0 Å². The van der Waals surface area contributed by atoms with E-state index in [1.165, 1.54) is 30.6 Å². The monoisotopic (exact) mass is 341 g/mol. The average Bonchev–Trinajstić information content (AvgIpc) is 2.78. The first-order valence-corrected chi connectivity index (χ1v) is 6.25. The Bertz CT molecular complexity index is 672. The Balaban J connectivity index is 2.13. The standard InChI is InChI=1S/C12H9BrFN3O3/c13-7-1-2-10(14)9(3-7)12(20)16-8-4-15-17(5-8)6-11(18)19/h1-5H,6H2,(H,16,20)(H,18,19). The van der Waals surface area contributed by atoms with Crippen molar-refractivity contribution in [3.63, 3.8) is 0 Å². The van der Waals surface area contributed by atoms with Gasteiger partial charge in [-0.25, -0.2) is 4.39 Å². The maximum absolute atomic E-state index is 13.5. The zero-order chi connectivity index (χ0) is 14.7. The summed E-state index contributed by atoms with van der Waals surface area (Å²) < 4.78 is 15.2. The number of amides is 1. The Morgan fingerprint density at radius 1 is 1.45 bits per heavy atom. The zero-order valence-corrected chi connectivity index (χ0v) is 11.6. The molecule has 1 aromatic carbocycles. The number of nitrogens with zero attached hydrogens (tertiary/aromatic N) is 2. The van der Waals surface area contributed by atoms with Gasteiger partial charge in [-0.15, -0.1) is 0 Å². The van der Waals surface area contributed by atoms with Crippen LogP contribution >= 0.6 is 15.9 Å². The molecule has 0 saturated carbocycles. The summed E-state index contributed by atoms with van der Waals surface area (Å²) in [5, 5.41) is 14.8. The van der Waals surface area contributed by atoms with Gasteiger partial charge in [-0.1, -0.05) is 15.9 Å². The number of aromatic nitrogens is 2. The van der Waals surface area contributed by atoms with Crippen molar-refractivity contribution in [2.75, 3.05) is 5.32 Å². The normalized spacial score (nSPS) is 10.3. The van der Waals surface area contributed by atoms with Crippen molar-refractivity contribution < 1.29 is 19.1 Å². The average molecular weight is 342 g/mol. The largest absolute Gasteiger partial charge is 0.480 e. The van der Waals surface area contributed by atoms with Crippen LogP contribution < -0.4 is 5.32 Å². The van der Waals surface area contributed by atoms with Crippen molar-refractivity contribution in [3.8, 4) is 0 Å². The van der Waals surface area contributed by atoms with E-state index in [9.17, 15) is 14.0 Å². The lowest BCUT2D eigenvalue weighted by Crippen LogP contribution is -2.13. The van der Waals surface area contributed by atoms with E-state index >= 15 is 0 Å². The minimum absolute atomic E-state index is 0.120. The van der Waals surface area contributed by atoms with E-state index in [1.54, 1.807) is 0 Å². The molecule has 1 amide bonds. The lowest BCUT2D eigenvalue weighted by Gasteiger charge is -2.04. The number of carboxylic acids is 1. The maximum Gasteiger partial charge on any atom is 0.325 e. The molecule has 1 heterocycles. The minimum Gasteiger partial charge on any atom is -0.480 e. The number of aliphatic carboxylic acids is 1. The molecule has 2 N–H and O–H groups in total. The number of carbonyl (C=O) groups is 2. The molecule has 104 valence electrons. The zero-order valence-electron chi connectivity index (χ0n) is 10.0. The molecule has 2 rings (SSSR count). The van der Waals surface area contributed by atoms with Crippen molar-refractivity contribution in [1.82, 2.24) is 9.78 Å². The molecule has 6 nitrogen and oxygen atoms in total. The van der Waals surface area contributed by atoms with Crippen LogP contribution in [-0.4, -0.2) is 26.8 Å². The molecule has 1 aromatic heterocycles. The summed E-state index contributed by atoms with van der Waals surface area (Å²) >= 11 is 3.15. The number of carboxylic acid groups (broad SMARTS) is 1. The third-order valence-electron chi connectivity index (χ3n) is 2.36. The topological polar surface area (TPSA) is 84.2 Å². The molecule has 0 bridgehead atoms. The summed E-state index contributed by atoms with van der Waals surface area (Å²) in [5.41, 5.74) is 0.168. The lowest BCUT2D eigenvalue weighted by molar-refractivity contribution is -0.137. The van der Waals surface area contributed by atoms with Crippen molar-refractivity contribution in [3.05, 3.63) is 46.4 Å². The number of anilines is 1. The molecule has 0 atom stereocenters. The molecule has 0 aliphatic rings. The highest BCUT2D eigenvalue weighted by Gasteiger charge is 2.13. The van der Waals surface area contributed by atoms with Gasteiger partial charge in [0.25, 0.3) is 5.91 Å². The van der Waals surface area contributed by atoms with E-state index in [1.807, 2.05) is 0 Å². The van der Waals surface area contributed by atoms with Gasteiger partial charge in [-0.3, -0.25) is 14.3 Å². The van der Waals surface area contributed by atoms with E-state index < -0.39 is 17.7 Å². The predicted molar refractivity (Wildman–Crippen MR) is 71.9 cm³/mol. The summed E-state index contributed by atoms with van der Waals surface area (Å²) in [7, 11) is 0. The van der Waals surface area contributed by atoms with Gasteiger partial charge in [0.15, 0.2) is 0 Å². The molecule has 0 aliphatic carbocycles. The SMILES string of the molecule is O=C(O)Cn1cc(NC(=O)c2cc(Br)ccc2F)cn1. The van der Waals surface area contributed by atoms with Crippen molar-refractivity contribution in [2.24, 2.45) is 0 Å². The Morgan fingerprint density at radius 3 is 2.90 bits per heavy atom. The fraction of sp³-hybridized carbons (Fsp3) is 0.0833. The number of hydrogen-bond acceptors (Lipinski definition) is 3. The van der Waals surface area contributed by atoms with Crippen LogP contribution in [0.25, 0.3) is 0 Å². The fourth-order valence-electron chi connectivity index (χ4n) is 1.52. The fourth-order valence-corrected chi connectivity index (χ4v) is 1.88. The Hall–Kier alpha value is -2.22. The van der Waals surface area contributed by atoms with Crippen LogP contribution in [0.5, 0.6) is 0 Å². The summed E-state index contributed by atoms with van der Waals surface area (Å²) in [4.78, 5) is 22.4. The molecule has 0 unspecified atom stereocenters. The van der Waals surface area contributed by atoms with Crippen LogP contribution in [0.1, 0.15) is 10.4 Å². The summed E-state index contributed by atoms with van der Waals surface area (Å²) in [6, 6.07) is 4.01. The van der Waals surface area contributed by atoms with E-state index in [0.29, 0.717) is 4.47 Å². The van der Waals surface area contributed by atoms with Crippen molar-refractivity contribution in [2.45, 2.75) is 6.54 Å². The van der Waals surface area contributed by atoms with Crippen LogP contribution in [-0.2, 0) is 11.3 Å². The molecule has 0 radical (unpaired) electrons. The second-order valence-corrected chi connectivity index (χ2v) is 4.81. The van der Waals surface area contributed by atoms with Gasteiger partial charge in [0.05, 0.1) is 17.4 Å². The van der Waals surface area contributed by atoms with Gasteiger partial charge in [-0.2, -0.15) is 5.10 Å². The second kappa shape index (κ2) is 5.83. The quantitative estimate of drug-likeness (QED) is 0.892. The van der Waals surface area contributed by atoms with Crippen LogP contribution in [0, 0.1) is 5.82 Å². The number of halogens is 2. The Labute approximate surface area is 121 Å². The van der Waals surface area contributed by atoms with Gasteiger partial charge in [0.1, 0.15) is 12.4 Å². The minimum atomic E-state index is -1.05. The highest BCUT2D eigenvalue weighted by molar-refractivity contribution is 9.10. The predicted octanol–water partition coefficient (Wildman–Crippen LogP) is 2.12. The molecule has 8 heteroatoms. The van der Waals surface area contributed by atoms with Crippen LogP contribution in [0.4, 0.5) is 10.1 Å². The Kier molecular flexibility index (Phi) is 4.14. The van der Waals surface area contributed by atoms with Crippen molar-refractivity contribution in [1.29, 1.82) is 0 Å². The number of hydrogen-bond donors (Lipinski definition) is 2. The molecule has 0 saturated heterocycles. The molecule has 20 heavy (non-hydrogen) atoms. The number of carbonyl (C=O) groups excluding carboxylic acids is 1. The van der Waals surface area contributed by atoms with Gasteiger partial charge < -0.3 is 10.4 Å². The highest BCUT2D eigenvalue weighted by Crippen LogP contribution is 2.17. The van der Waals surface area contributed by atoms with Crippen LogP contribution in [0.15, 0.2) is 35.1 Å². The third kappa shape index (κ3) is 3.41. The smallest absolute Gasteiger partial charge is 0.325 e. The maximum atomic E-state index is 13.5. The third-order valence-corrected chi connectivity index (χ3v) is 2.85. The van der Waals surface area contributed by atoms with E-state index in [-0.39, 0.29) is 17.8 Å². The summed E-state index contributed by atoms with van der Waals surface area (Å²) in [6.45, 7) is -0.318. The number of rotatable bonds is 4. The first-order valence-electron chi connectivity index (χ1n) is 5.46. The van der Waals surface area contributed by atoms with Crippen LogP contribution in [0.3, 0.4) is 0 Å². The van der Waals surface area contributed by atoms with Gasteiger partial charge in [-0.05, 0) is 18.2 Å². The molecule has 0 fully saturated rings. The highest BCUT2D eigenvalue weighted by atomic mass is 79.9. The lowest BCUT2D eigenvalue weighted by atomic mass is 10.2. The molecule has 0 aliphatic heterocycles. The molecule has 0 spiro atoms. The van der Waals surface area contributed by atoms with Gasteiger partial charge >= 0.3 is 5.97 Å². The molecular formula is C12H9BrFN3O3. The first-order chi connectivity index (χ1) is 9.45. The van der Waals surface area contributed by atoms with E-state index in [2.05, 4.69) is 26.3 Å². The van der Waals surface area contributed by atoms with Gasteiger partial charge in [0.2, 0.25) is 0 Å². The van der Waals surface area contributed by atoms with Gasteiger partial charge in [0, 0.05) is 10.7 Å². The number of nitrogens with one attached hydrogen (secondary N) is 1. The molecular weight excluding hydrogens is 333 g/mol. The molecule has 2 aromatic rings. The second-order valence-electron chi connectivity index (χ2n) is 3.90. The van der Waals surface area contributed by atoms with E-state index in [4.69, 9.17) is 5.11 Å². The summed E-state index contributed by atoms with van der Waals surface area (Å²) in [5.74, 6) is -2.34. The van der Waals surface area contributed by atoms with Crippen molar-refractivity contribution >= 4 is 33.5 Å². The summed E-state index contributed by atoms with van der Waals surface area (Å²) in [6.07, 6.45) is 2.64.